The third kappa shape index (κ3) is 3.93. The maximum Gasteiger partial charge on any atom is 0.266 e. The van der Waals surface area contributed by atoms with Crippen molar-refractivity contribution >= 4 is 5.91 Å². The van der Waals surface area contributed by atoms with Crippen LogP contribution in [0.2, 0.25) is 0 Å². The highest BCUT2D eigenvalue weighted by Crippen LogP contribution is 2.34. The van der Waals surface area contributed by atoms with Gasteiger partial charge in [-0.25, -0.2) is 0 Å². The molecule has 1 aliphatic heterocycles. The summed E-state index contributed by atoms with van der Waals surface area (Å²) in [6.45, 7) is 2.15. The number of hydrogen-bond acceptors (Lipinski definition) is 4. The maximum absolute atomic E-state index is 13.1. The number of hydrogen-bond donors (Lipinski definition) is 1. The van der Waals surface area contributed by atoms with E-state index in [0.29, 0.717) is 11.5 Å². The van der Waals surface area contributed by atoms with E-state index < -0.39 is 6.10 Å². The van der Waals surface area contributed by atoms with Gasteiger partial charge in [-0.3, -0.25) is 4.79 Å². The van der Waals surface area contributed by atoms with Gasteiger partial charge in [-0.15, -0.1) is 0 Å². The van der Waals surface area contributed by atoms with Crippen LogP contribution in [0.25, 0.3) is 0 Å². The molecule has 0 saturated carbocycles. The van der Waals surface area contributed by atoms with Crippen molar-refractivity contribution in [3.63, 3.8) is 0 Å². The SMILES string of the molecule is CC(NC(=O)C(Oc1ccccc1)c1ccccc1)c1ccc2c(c1)OCO2. The lowest BCUT2D eigenvalue weighted by Gasteiger charge is -2.22. The maximum atomic E-state index is 13.1. The first-order valence-corrected chi connectivity index (χ1v) is 9.17. The Morgan fingerprint density at radius 3 is 2.32 bits per heavy atom. The van der Waals surface area contributed by atoms with Gasteiger partial charge in [-0.1, -0.05) is 54.6 Å². The molecule has 4 rings (SSSR count). The first-order valence-electron chi connectivity index (χ1n) is 9.17. The highest BCUT2D eigenvalue weighted by atomic mass is 16.7. The molecule has 0 spiro atoms. The summed E-state index contributed by atoms with van der Waals surface area (Å²) in [4.78, 5) is 13.1. The molecule has 0 bridgehead atoms. The van der Waals surface area contributed by atoms with E-state index in [-0.39, 0.29) is 18.7 Å². The third-order valence-electron chi connectivity index (χ3n) is 4.59. The summed E-state index contributed by atoms with van der Waals surface area (Å²) >= 11 is 0. The predicted octanol–water partition coefficient (Wildman–Crippen LogP) is 4.41. The van der Waals surface area contributed by atoms with Crippen LogP contribution in [0.4, 0.5) is 0 Å². The van der Waals surface area contributed by atoms with E-state index in [1.54, 1.807) is 0 Å². The van der Waals surface area contributed by atoms with Gasteiger partial charge >= 0.3 is 0 Å². The van der Waals surface area contributed by atoms with Gasteiger partial charge in [-0.2, -0.15) is 0 Å². The minimum atomic E-state index is -0.750. The van der Waals surface area contributed by atoms with E-state index in [4.69, 9.17) is 14.2 Å². The number of carbonyl (C=O) groups is 1. The molecule has 0 aromatic heterocycles. The van der Waals surface area contributed by atoms with Gasteiger partial charge in [0.15, 0.2) is 11.5 Å². The molecule has 2 unspecified atom stereocenters. The van der Waals surface area contributed by atoms with Crippen molar-refractivity contribution in [2.45, 2.75) is 19.1 Å². The summed E-state index contributed by atoms with van der Waals surface area (Å²) < 4.78 is 16.8. The van der Waals surface area contributed by atoms with Crippen LogP contribution < -0.4 is 19.5 Å². The summed E-state index contributed by atoms with van der Waals surface area (Å²) in [6.07, 6.45) is -0.750. The minimum Gasteiger partial charge on any atom is -0.476 e. The summed E-state index contributed by atoms with van der Waals surface area (Å²) in [5.41, 5.74) is 1.73. The first kappa shape index (κ1) is 17.9. The minimum absolute atomic E-state index is 0.208. The van der Waals surface area contributed by atoms with Gasteiger partial charge in [-0.05, 0) is 36.8 Å². The monoisotopic (exact) mass is 375 g/mol. The lowest BCUT2D eigenvalue weighted by molar-refractivity contribution is -0.129. The second-order valence-corrected chi connectivity index (χ2v) is 6.56. The molecule has 1 N–H and O–H groups in total. The first-order chi connectivity index (χ1) is 13.7. The number of amides is 1. The Labute approximate surface area is 163 Å². The highest BCUT2D eigenvalue weighted by Gasteiger charge is 2.25. The standard InChI is InChI=1S/C23H21NO4/c1-16(18-12-13-20-21(14-18)27-15-26-20)24-23(25)22(17-8-4-2-5-9-17)28-19-10-6-3-7-11-19/h2-14,16,22H,15H2,1H3,(H,24,25). The van der Waals surface area contributed by atoms with Crippen molar-refractivity contribution in [1.29, 1.82) is 0 Å². The van der Waals surface area contributed by atoms with Crippen LogP contribution >= 0.6 is 0 Å². The molecule has 142 valence electrons. The third-order valence-corrected chi connectivity index (χ3v) is 4.59. The van der Waals surface area contributed by atoms with Crippen molar-refractivity contribution in [3.05, 3.63) is 90.0 Å². The molecular weight excluding hydrogens is 354 g/mol. The molecule has 1 amide bonds. The van der Waals surface area contributed by atoms with Crippen LogP contribution in [-0.4, -0.2) is 12.7 Å². The van der Waals surface area contributed by atoms with Crippen LogP contribution in [-0.2, 0) is 4.79 Å². The number of rotatable bonds is 6. The van der Waals surface area contributed by atoms with E-state index in [2.05, 4.69) is 5.32 Å². The van der Waals surface area contributed by atoms with Crippen LogP contribution in [0, 0.1) is 0 Å². The molecule has 1 heterocycles. The van der Waals surface area contributed by atoms with Gasteiger partial charge in [0.25, 0.3) is 5.91 Å². The Morgan fingerprint density at radius 1 is 0.893 bits per heavy atom. The molecule has 5 nitrogen and oxygen atoms in total. The summed E-state index contributed by atoms with van der Waals surface area (Å²) in [5.74, 6) is 1.85. The zero-order chi connectivity index (χ0) is 19.3. The lowest BCUT2D eigenvalue weighted by Crippen LogP contribution is -2.34. The number of nitrogens with one attached hydrogen (secondary N) is 1. The van der Waals surface area contributed by atoms with Crippen LogP contribution in [0.3, 0.4) is 0 Å². The fourth-order valence-corrected chi connectivity index (χ4v) is 3.09. The Balaban J connectivity index is 1.53. The van der Waals surface area contributed by atoms with Gasteiger partial charge in [0, 0.05) is 5.56 Å². The lowest BCUT2D eigenvalue weighted by atomic mass is 10.1. The van der Waals surface area contributed by atoms with Crippen molar-refractivity contribution in [1.82, 2.24) is 5.32 Å². The number of para-hydroxylation sites is 1. The molecule has 28 heavy (non-hydrogen) atoms. The van der Waals surface area contributed by atoms with E-state index in [0.717, 1.165) is 16.9 Å². The van der Waals surface area contributed by atoms with Crippen LogP contribution in [0.1, 0.15) is 30.2 Å². The van der Waals surface area contributed by atoms with E-state index in [1.165, 1.54) is 0 Å². The Morgan fingerprint density at radius 2 is 1.57 bits per heavy atom. The molecule has 0 aliphatic carbocycles. The second-order valence-electron chi connectivity index (χ2n) is 6.56. The van der Waals surface area contributed by atoms with Crippen molar-refractivity contribution in [2.24, 2.45) is 0 Å². The van der Waals surface area contributed by atoms with Gasteiger partial charge in [0.05, 0.1) is 6.04 Å². The Hall–Kier alpha value is -3.47. The average Bonchev–Trinajstić information content (AvgIpc) is 3.21. The molecule has 0 saturated heterocycles. The second kappa shape index (κ2) is 8.05. The Bertz CT molecular complexity index is 943. The van der Waals surface area contributed by atoms with Gasteiger partial charge in [0.1, 0.15) is 5.75 Å². The summed E-state index contributed by atoms with van der Waals surface area (Å²) in [5, 5.41) is 3.05. The molecule has 3 aromatic carbocycles. The zero-order valence-corrected chi connectivity index (χ0v) is 15.5. The van der Waals surface area contributed by atoms with Crippen LogP contribution in [0.15, 0.2) is 78.9 Å². The summed E-state index contributed by atoms with van der Waals surface area (Å²) in [6, 6.07) is 24.3. The van der Waals surface area contributed by atoms with Crippen molar-refractivity contribution in [2.75, 3.05) is 6.79 Å². The topological polar surface area (TPSA) is 56.8 Å². The molecular formula is C23H21NO4. The van der Waals surface area contributed by atoms with E-state index >= 15 is 0 Å². The Kier molecular flexibility index (Phi) is 5.15. The molecule has 3 aromatic rings. The normalized spacial score (nSPS) is 14.2. The number of fused-ring (bicyclic) bond motifs is 1. The largest absolute Gasteiger partial charge is 0.476 e. The molecule has 0 fully saturated rings. The molecule has 0 radical (unpaired) electrons. The van der Waals surface area contributed by atoms with Crippen molar-refractivity contribution in [3.8, 4) is 17.2 Å². The molecule has 2 atom stereocenters. The highest BCUT2D eigenvalue weighted by molar-refractivity contribution is 5.83. The quantitative estimate of drug-likeness (QED) is 0.693. The number of benzene rings is 3. The number of ether oxygens (including phenoxy) is 3. The van der Waals surface area contributed by atoms with E-state index in [9.17, 15) is 4.79 Å². The molecule has 5 heteroatoms. The smallest absolute Gasteiger partial charge is 0.266 e. The van der Waals surface area contributed by atoms with Gasteiger partial charge in [0.2, 0.25) is 12.9 Å². The van der Waals surface area contributed by atoms with E-state index in [1.807, 2.05) is 85.8 Å². The average molecular weight is 375 g/mol. The van der Waals surface area contributed by atoms with Gasteiger partial charge < -0.3 is 19.5 Å². The predicted molar refractivity (Wildman–Crippen MR) is 105 cm³/mol. The van der Waals surface area contributed by atoms with Crippen molar-refractivity contribution < 1.29 is 19.0 Å². The number of carbonyl (C=O) groups excluding carboxylic acids is 1. The fourth-order valence-electron chi connectivity index (χ4n) is 3.09. The molecule has 1 aliphatic rings. The fraction of sp³-hybridized carbons (Fsp3) is 0.174. The summed E-state index contributed by atoms with van der Waals surface area (Å²) in [7, 11) is 0. The van der Waals surface area contributed by atoms with Crippen LogP contribution in [0.5, 0.6) is 17.2 Å². The zero-order valence-electron chi connectivity index (χ0n) is 15.5.